The molecular formula is C21H20I3O8S-. The molecule has 0 fully saturated rings. The van der Waals surface area contributed by atoms with Crippen molar-refractivity contribution in [2.75, 3.05) is 13.2 Å². The maximum Gasteiger partial charge on any atom is 0.340 e. The molecule has 0 saturated heterocycles. The van der Waals surface area contributed by atoms with Gasteiger partial charge in [0.1, 0.15) is 29.1 Å². The van der Waals surface area contributed by atoms with Gasteiger partial charge in [0.15, 0.2) is 5.75 Å². The molecule has 0 aliphatic rings. The highest BCUT2D eigenvalue weighted by molar-refractivity contribution is 14.1. The predicted octanol–water partition coefficient (Wildman–Crippen LogP) is 5.00. The molecule has 0 bridgehead atoms. The Morgan fingerprint density at radius 1 is 1.06 bits per heavy atom. The van der Waals surface area contributed by atoms with Crippen molar-refractivity contribution < 1.29 is 36.8 Å². The van der Waals surface area contributed by atoms with Crippen LogP contribution in [0, 0.1) is 17.6 Å². The van der Waals surface area contributed by atoms with Crippen LogP contribution in [-0.2, 0) is 19.6 Å². The molecule has 8 nitrogen and oxygen atoms in total. The zero-order chi connectivity index (χ0) is 25.1. The number of aryl methyl sites for hydroxylation is 1. The van der Waals surface area contributed by atoms with Crippen molar-refractivity contribution in [1.82, 2.24) is 0 Å². The van der Waals surface area contributed by atoms with Gasteiger partial charge in [0, 0.05) is 10.5 Å². The van der Waals surface area contributed by atoms with Gasteiger partial charge in [-0.3, -0.25) is 4.79 Å². The van der Waals surface area contributed by atoms with E-state index >= 15 is 0 Å². The molecule has 2 aromatic rings. The second-order valence-corrected chi connectivity index (χ2v) is 12.0. The first-order valence-corrected chi connectivity index (χ1v) is 14.1. The van der Waals surface area contributed by atoms with Crippen LogP contribution in [0.5, 0.6) is 11.5 Å². The van der Waals surface area contributed by atoms with Gasteiger partial charge in [-0.05, 0) is 110 Å². The summed E-state index contributed by atoms with van der Waals surface area (Å²) in [5.41, 5.74) is 1.13. The minimum atomic E-state index is -4.62. The first-order chi connectivity index (χ1) is 15.2. The van der Waals surface area contributed by atoms with Gasteiger partial charge in [0.05, 0.1) is 17.6 Å². The number of carbonyl (C=O) groups excluding carboxylic acids is 2. The van der Waals surface area contributed by atoms with Gasteiger partial charge in [-0.25, -0.2) is 13.2 Å². The second-order valence-electron chi connectivity index (χ2n) is 7.20. The van der Waals surface area contributed by atoms with Gasteiger partial charge in [0.2, 0.25) is 0 Å². The lowest BCUT2D eigenvalue weighted by atomic mass is 10.0. The summed E-state index contributed by atoms with van der Waals surface area (Å²) in [7, 11) is -4.62. The quantitative estimate of drug-likeness (QED) is 0.120. The molecule has 0 unspecified atom stereocenters. The molecule has 0 amide bonds. The molecular weight excluding hydrogens is 793 g/mol. The average Bonchev–Trinajstić information content (AvgIpc) is 2.67. The standard InChI is InChI=1S/C21H21I3O8S/c1-10(2)13-8-16(11(3)7-17(13)33(27,28)29)30-5-6-31-21(26)18-14(22)9-15(23)20(19(18)24)32-12(4)25/h7-10H,5-6H2,1-4H3,(H,27,28,29)/p-1. The summed E-state index contributed by atoms with van der Waals surface area (Å²) in [6.45, 7) is 6.41. The molecule has 0 aliphatic carbocycles. The maximum atomic E-state index is 12.7. The summed E-state index contributed by atoms with van der Waals surface area (Å²) >= 11 is 5.98. The van der Waals surface area contributed by atoms with Crippen molar-refractivity contribution >= 4 is 89.8 Å². The molecule has 0 N–H and O–H groups in total. The van der Waals surface area contributed by atoms with Crippen molar-refractivity contribution in [3.63, 3.8) is 0 Å². The zero-order valence-electron chi connectivity index (χ0n) is 18.0. The van der Waals surface area contributed by atoms with E-state index in [0.29, 0.717) is 33.3 Å². The third kappa shape index (κ3) is 7.38. The van der Waals surface area contributed by atoms with E-state index in [2.05, 4.69) is 0 Å². The van der Waals surface area contributed by atoms with Gasteiger partial charge in [-0.2, -0.15) is 0 Å². The summed E-state index contributed by atoms with van der Waals surface area (Å²) in [5.74, 6) is -0.590. The highest BCUT2D eigenvalue weighted by atomic mass is 127. The largest absolute Gasteiger partial charge is 0.744 e. The lowest BCUT2D eigenvalue weighted by molar-refractivity contribution is -0.132. The molecule has 33 heavy (non-hydrogen) atoms. The monoisotopic (exact) mass is 813 g/mol. The molecule has 2 rings (SSSR count). The number of rotatable bonds is 8. The van der Waals surface area contributed by atoms with Crippen LogP contribution in [0.4, 0.5) is 0 Å². The maximum absolute atomic E-state index is 12.7. The van der Waals surface area contributed by atoms with Gasteiger partial charge in [-0.15, -0.1) is 0 Å². The van der Waals surface area contributed by atoms with Crippen molar-refractivity contribution in [3.05, 3.63) is 45.6 Å². The van der Waals surface area contributed by atoms with Crippen LogP contribution in [0.15, 0.2) is 23.1 Å². The van der Waals surface area contributed by atoms with E-state index in [4.69, 9.17) is 14.2 Å². The molecule has 0 heterocycles. The molecule has 0 saturated carbocycles. The fourth-order valence-corrected chi connectivity index (χ4v) is 7.79. The number of esters is 2. The first-order valence-electron chi connectivity index (χ1n) is 9.50. The van der Waals surface area contributed by atoms with Gasteiger partial charge in [0.25, 0.3) is 0 Å². The Balaban J connectivity index is 2.14. The summed E-state index contributed by atoms with van der Waals surface area (Å²) in [6.07, 6.45) is 0. The van der Waals surface area contributed by atoms with Gasteiger partial charge in [-0.1, -0.05) is 13.8 Å². The van der Waals surface area contributed by atoms with E-state index in [1.807, 2.05) is 67.8 Å². The van der Waals surface area contributed by atoms with E-state index in [1.54, 1.807) is 26.8 Å². The van der Waals surface area contributed by atoms with Crippen LogP contribution >= 0.6 is 67.8 Å². The Kier molecular flexibility index (Phi) is 10.2. The Labute approximate surface area is 233 Å². The average molecular weight is 813 g/mol. The molecule has 0 aliphatic heterocycles. The van der Waals surface area contributed by atoms with E-state index in [0.717, 1.165) is 0 Å². The number of carbonyl (C=O) groups is 2. The molecule has 2 aromatic carbocycles. The molecule has 180 valence electrons. The molecule has 0 radical (unpaired) electrons. The lowest BCUT2D eigenvalue weighted by Gasteiger charge is -2.19. The number of hydrogen-bond donors (Lipinski definition) is 0. The SMILES string of the molecule is CC(=O)Oc1c(I)cc(I)c(C(=O)OCCOc2cc(C(C)C)c(S(=O)(=O)[O-])cc2C)c1I. The summed E-state index contributed by atoms with van der Waals surface area (Å²) < 4.78 is 52.8. The number of halogens is 3. The highest BCUT2D eigenvalue weighted by Gasteiger charge is 2.23. The third-order valence-electron chi connectivity index (χ3n) is 4.35. The van der Waals surface area contributed by atoms with Crippen molar-refractivity contribution in [2.45, 2.75) is 38.5 Å². The number of ether oxygens (including phenoxy) is 3. The van der Waals surface area contributed by atoms with Crippen molar-refractivity contribution in [2.24, 2.45) is 0 Å². The molecule has 0 spiro atoms. The smallest absolute Gasteiger partial charge is 0.340 e. The minimum Gasteiger partial charge on any atom is -0.744 e. The Hall–Kier alpha value is -0.720. The van der Waals surface area contributed by atoms with Gasteiger partial charge >= 0.3 is 11.9 Å². The Bertz CT molecular complexity index is 1190. The fraction of sp³-hybridized carbons (Fsp3) is 0.333. The first kappa shape index (κ1) is 28.5. The number of benzene rings is 2. The third-order valence-corrected chi connectivity index (χ3v) is 7.92. The van der Waals surface area contributed by atoms with Crippen LogP contribution in [0.1, 0.15) is 48.2 Å². The van der Waals surface area contributed by atoms with Crippen LogP contribution < -0.4 is 9.47 Å². The van der Waals surface area contributed by atoms with E-state index in [-0.39, 0.29) is 29.6 Å². The summed E-state index contributed by atoms with van der Waals surface area (Å²) in [5, 5.41) is 0. The molecule has 0 atom stereocenters. The summed E-state index contributed by atoms with van der Waals surface area (Å²) in [6, 6.07) is 4.55. The summed E-state index contributed by atoms with van der Waals surface area (Å²) in [4.78, 5) is 23.8. The van der Waals surface area contributed by atoms with Crippen LogP contribution in [-0.4, -0.2) is 38.1 Å². The Morgan fingerprint density at radius 2 is 1.70 bits per heavy atom. The fourth-order valence-electron chi connectivity index (χ4n) is 2.86. The van der Waals surface area contributed by atoms with E-state index in [9.17, 15) is 22.6 Å². The topological polar surface area (TPSA) is 119 Å². The normalized spacial score (nSPS) is 11.4. The van der Waals surface area contributed by atoms with E-state index < -0.39 is 22.1 Å². The molecule has 0 aromatic heterocycles. The lowest BCUT2D eigenvalue weighted by Crippen LogP contribution is -2.16. The second kappa shape index (κ2) is 11.8. The zero-order valence-corrected chi connectivity index (χ0v) is 25.3. The highest BCUT2D eigenvalue weighted by Crippen LogP contribution is 2.34. The van der Waals surface area contributed by atoms with E-state index in [1.165, 1.54) is 19.1 Å². The van der Waals surface area contributed by atoms with Crippen LogP contribution in [0.2, 0.25) is 0 Å². The van der Waals surface area contributed by atoms with Crippen LogP contribution in [0.25, 0.3) is 0 Å². The minimum absolute atomic E-state index is 0.0158. The van der Waals surface area contributed by atoms with Gasteiger partial charge < -0.3 is 18.8 Å². The number of hydrogen-bond acceptors (Lipinski definition) is 8. The van der Waals surface area contributed by atoms with Crippen molar-refractivity contribution in [3.8, 4) is 11.5 Å². The predicted molar refractivity (Wildman–Crippen MR) is 145 cm³/mol. The van der Waals surface area contributed by atoms with Crippen LogP contribution in [0.3, 0.4) is 0 Å². The molecule has 12 heteroatoms. The van der Waals surface area contributed by atoms with Crippen molar-refractivity contribution in [1.29, 1.82) is 0 Å². The Morgan fingerprint density at radius 3 is 2.24 bits per heavy atom.